The van der Waals surface area contributed by atoms with Gasteiger partial charge >= 0.3 is 0 Å². The summed E-state index contributed by atoms with van der Waals surface area (Å²) < 4.78 is 7.00. The molecule has 2 heterocycles. The molecule has 140 valence electrons. The van der Waals surface area contributed by atoms with Crippen molar-refractivity contribution in [2.45, 2.75) is 0 Å². The molecular weight excluding hydrogens is 372 g/mol. The van der Waals surface area contributed by atoms with Crippen molar-refractivity contribution < 1.29 is 9.53 Å². The molecule has 0 unspecified atom stereocenters. The van der Waals surface area contributed by atoms with E-state index in [1.165, 1.54) is 11.3 Å². The molecule has 4 rings (SSSR count). The van der Waals surface area contributed by atoms with E-state index in [1.807, 2.05) is 47.4 Å². The van der Waals surface area contributed by atoms with Crippen LogP contribution in [0.4, 0.5) is 5.13 Å². The van der Waals surface area contributed by atoms with Crippen LogP contribution >= 0.6 is 11.3 Å². The van der Waals surface area contributed by atoms with Gasteiger partial charge in [-0.05, 0) is 18.2 Å². The molecule has 0 atom stereocenters. The predicted octanol–water partition coefficient (Wildman–Crippen LogP) is 4.47. The largest absolute Gasteiger partial charge is 0.497 e. The number of carbonyl (C=O) groups excluding carboxylic acids is 1. The second-order valence-corrected chi connectivity index (χ2v) is 6.98. The van der Waals surface area contributed by atoms with Gasteiger partial charge in [0.2, 0.25) is 0 Å². The first-order valence-electron chi connectivity index (χ1n) is 8.64. The van der Waals surface area contributed by atoms with E-state index in [0.29, 0.717) is 16.4 Å². The van der Waals surface area contributed by atoms with Gasteiger partial charge in [-0.25, -0.2) is 4.98 Å². The monoisotopic (exact) mass is 390 g/mol. The second-order valence-electron chi connectivity index (χ2n) is 6.12. The Hall–Kier alpha value is -3.45. The maximum absolute atomic E-state index is 12.5. The van der Waals surface area contributed by atoms with E-state index in [9.17, 15) is 4.79 Å². The quantitative estimate of drug-likeness (QED) is 0.546. The van der Waals surface area contributed by atoms with Gasteiger partial charge < -0.3 is 4.74 Å². The topological polar surface area (TPSA) is 69.0 Å². The fourth-order valence-corrected chi connectivity index (χ4v) is 3.66. The van der Waals surface area contributed by atoms with Crippen LogP contribution in [0.15, 0.2) is 66.2 Å². The SMILES string of the molecule is COc1cccc(C(=O)Nc2nc(-c3cnn(C)c3-c3ccccc3)cs2)c1. The van der Waals surface area contributed by atoms with Crippen molar-refractivity contribution in [3.05, 3.63) is 71.7 Å². The molecule has 0 aliphatic carbocycles. The zero-order valence-corrected chi connectivity index (χ0v) is 16.2. The van der Waals surface area contributed by atoms with E-state index >= 15 is 0 Å². The second kappa shape index (κ2) is 7.66. The fourth-order valence-electron chi connectivity index (χ4n) is 2.95. The minimum absolute atomic E-state index is 0.228. The van der Waals surface area contributed by atoms with Gasteiger partial charge in [0.05, 0.1) is 24.7 Å². The number of hydrogen-bond donors (Lipinski definition) is 1. The van der Waals surface area contributed by atoms with Gasteiger partial charge in [-0.15, -0.1) is 11.3 Å². The third-order valence-electron chi connectivity index (χ3n) is 4.32. The maximum Gasteiger partial charge on any atom is 0.257 e. The minimum atomic E-state index is -0.228. The number of aryl methyl sites for hydroxylation is 1. The van der Waals surface area contributed by atoms with Gasteiger partial charge in [-0.3, -0.25) is 14.8 Å². The van der Waals surface area contributed by atoms with Crippen LogP contribution in [0, 0.1) is 0 Å². The maximum atomic E-state index is 12.5. The van der Waals surface area contributed by atoms with Gasteiger partial charge in [0.15, 0.2) is 5.13 Å². The van der Waals surface area contributed by atoms with Gasteiger partial charge in [0.1, 0.15) is 5.75 Å². The van der Waals surface area contributed by atoms with Crippen molar-refractivity contribution in [1.29, 1.82) is 0 Å². The number of methoxy groups -OCH3 is 1. The lowest BCUT2D eigenvalue weighted by Crippen LogP contribution is -2.11. The Morgan fingerprint density at radius 1 is 1.14 bits per heavy atom. The van der Waals surface area contributed by atoms with Crippen LogP contribution in [-0.4, -0.2) is 27.8 Å². The summed E-state index contributed by atoms with van der Waals surface area (Å²) in [7, 11) is 3.48. The van der Waals surface area contributed by atoms with Gasteiger partial charge in [0, 0.05) is 29.1 Å². The van der Waals surface area contributed by atoms with Gasteiger partial charge in [-0.2, -0.15) is 5.10 Å². The highest BCUT2D eigenvalue weighted by Crippen LogP contribution is 2.33. The molecule has 0 saturated heterocycles. The standard InChI is InChI=1S/C21H18N4O2S/c1-25-19(14-7-4-3-5-8-14)17(12-22-25)18-13-28-21(23-18)24-20(26)15-9-6-10-16(11-15)27-2/h3-13H,1-2H3,(H,23,24,26). The number of aromatic nitrogens is 3. The van der Waals surface area contributed by atoms with E-state index in [1.54, 1.807) is 37.6 Å². The Kier molecular flexibility index (Phi) is 4.90. The molecule has 0 spiro atoms. The molecule has 1 amide bonds. The first-order valence-corrected chi connectivity index (χ1v) is 9.52. The molecular formula is C21H18N4O2S. The van der Waals surface area contributed by atoms with Crippen LogP contribution in [0.5, 0.6) is 5.75 Å². The normalized spacial score (nSPS) is 10.6. The summed E-state index contributed by atoms with van der Waals surface area (Å²) in [6.07, 6.45) is 1.80. The van der Waals surface area contributed by atoms with Crippen molar-refractivity contribution in [2.24, 2.45) is 7.05 Å². The lowest BCUT2D eigenvalue weighted by molar-refractivity contribution is 0.102. The average Bonchev–Trinajstić information content (AvgIpc) is 3.35. The van der Waals surface area contributed by atoms with Crippen LogP contribution < -0.4 is 10.1 Å². The lowest BCUT2D eigenvalue weighted by atomic mass is 10.1. The lowest BCUT2D eigenvalue weighted by Gasteiger charge is -2.05. The van der Waals surface area contributed by atoms with E-state index in [0.717, 1.165) is 22.5 Å². The highest BCUT2D eigenvalue weighted by atomic mass is 32.1. The number of thiazole rings is 1. The smallest absolute Gasteiger partial charge is 0.257 e. The molecule has 0 saturated carbocycles. The molecule has 0 bridgehead atoms. The average molecular weight is 390 g/mol. The van der Waals surface area contributed by atoms with Gasteiger partial charge in [0.25, 0.3) is 5.91 Å². The molecule has 6 nitrogen and oxygen atoms in total. The van der Waals surface area contributed by atoms with Crippen LogP contribution in [-0.2, 0) is 7.05 Å². The van der Waals surface area contributed by atoms with Crippen molar-refractivity contribution in [3.8, 4) is 28.3 Å². The first-order chi connectivity index (χ1) is 13.7. The third-order valence-corrected chi connectivity index (χ3v) is 5.08. The molecule has 1 N–H and O–H groups in total. The van der Waals surface area contributed by atoms with Crippen LogP contribution in [0.3, 0.4) is 0 Å². The summed E-state index contributed by atoms with van der Waals surface area (Å²) in [6.45, 7) is 0. The molecule has 0 radical (unpaired) electrons. The summed E-state index contributed by atoms with van der Waals surface area (Å²) in [6, 6.07) is 17.1. The van der Waals surface area contributed by atoms with Crippen molar-refractivity contribution in [2.75, 3.05) is 12.4 Å². The van der Waals surface area contributed by atoms with E-state index in [4.69, 9.17) is 4.74 Å². The summed E-state index contributed by atoms with van der Waals surface area (Å²) in [5, 5.41) is 9.69. The van der Waals surface area contributed by atoms with Crippen LogP contribution in [0.25, 0.3) is 22.5 Å². The predicted molar refractivity (Wildman–Crippen MR) is 111 cm³/mol. The number of hydrogen-bond acceptors (Lipinski definition) is 5. The van der Waals surface area contributed by atoms with E-state index < -0.39 is 0 Å². The zero-order valence-electron chi connectivity index (χ0n) is 15.4. The van der Waals surface area contributed by atoms with Crippen molar-refractivity contribution in [1.82, 2.24) is 14.8 Å². The molecule has 0 fully saturated rings. The van der Waals surface area contributed by atoms with Gasteiger partial charge in [-0.1, -0.05) is 36.4 Å². The number of anilines is 1. The Bertz CT molecular complexity index is 1120. The van der Waals surface area contributed by atoms with Crippen LogP contribution in [0.2, 0.25) is 0 Å². The number of nitrogens with zero attached hydrogens (tertiary/aromatic N) is 3. The molecule has 28 heavy (non-hydrogen) atoms. The zero-order chi connectivity index (χ0) is 19.5. The molecule has 0 aliphatic heterocycles. The summed E-state index contributed by atoms with van der Waals surface area (Å²) in [5.41, 5.74) is 4.26. The Morgan fingerprint density at radius 2 is 1.96 bits per heavy atom. The summed E-state index contributed by atoms with van der Waals surface area (Å²) in [5.74, 6) is 0.407. The number of ether oxygens (including phenoxy) is 1. The number of rotatable bonds is 5. The Morgan fingerprint density at radius 3 is 2.75 bits per heavy atom. The summed E-state index contributed by atoms with van der Waals surface area (Å²) >= 11 is 1.38. The molecule has 0 aliphatic rings. The number of benzene rings is 2. The molecule has 4 aromatic rings. The summed E-state index contributed by atoms with van der Waals surface area (Å²) in [4.78, 5) is 17.1. The van der Waals surface area contributed by atoms with E-state index in [2.05, 4.69) is 15.4 Å². The Balaban J connectivity index is 1.60. The highest BCUT2D eigenvalue weighted by Gasteiger charge is 2.16. The molecule has 2 aromatic carbocycles. The highest BCUT2D eigenvalue weighted by molar-refractivity contribution is 7.14. The van der Waals surface area contributed by atoms with Crippen molar-refractivity contribution in [3.63, 3.8) is 0 Å². The minimum Gasteiger partial charge on any atom is -0.497 e. The number of nitrogens with one attached hydrogen (secondary N) is 1. The fraction of sp³-hybridized carbons (Fsp3) is 0.0952. The Labute approximate surface area is 166 Å². The first kappa shape index (κ1) is 17.9. The number of carbonyl (C=O) groups is 1. The van der Waals surface area contributed by atoms with Crippen LogP contribution in [0.1, 0.15) is 10.4 Å². The molecule has 7 heteroatoms. The third kappa shape index (κ3) is 3.52. The van der Waals surface area contributed by atoms with E-state index in [-0.39, 0.29) is 5.91 Å². The van der Waals surface area contributed by atoms with Crippen molar-refractivity contribution >= 4 is 22.4 Å². The number of amides is 1. The molecule has 2 aromatic heterocycles.